The molecule has 7 heteroatoms. The fourth-order valence-corrected chi connectivity index (χ4v) is 2.32. The number of aryl methyl sites for hydroxylation is 1. The SMILES string of the molecule is Cc1cc(C(=O)N2CCC(C(=O)O)C2)ccc1[N+](=O)[O-]. The maximum atomic E-state index is 12.2. The highest BCUT2D eigenvalue weighted by Gasteiger charge is 2.31. The minimum atomic E-state index is -0.903. The van der Waals surface area contributed by atoms with E-state index >= 15 is 0 Å². The summed E-state index contributed by atoms with van der Waals surface area (Å²) in [6.07, 6.45) is 0.438. The molecule has 0 aromatic heterocycles. The van der Waals surface area contributed by atoms with Gasteiger partial charge in [-0.25, -0.2) is 0 Å². The van der Waals surface area contributed by atoms with E-state index in [-0.39, 0.29) is 18.1 Å². The summed E-state index contributed by atoms with van der Waals surface area (Å²) in [7, 11) is 0. The molecular formula is C13H14N2O5. The Morgan fingerprint density at radius 2 is 2.15 bits per heavy atom. The lowest BCUT2D eigenvalue weighted by Crippen LogP contribution is -2.30. The lowest BCUT2D eigenvalue weighted by Gasteiger charge is -2.16. The van der Waals surface area contributed by atoms with Gasteiger partial charge < -0.3 is 10.0 Å². The summed E-state index contributed by atoms with van der Waals surface area (Å²) < 4.78 is 0. The smallest absolute Gasteiger partial charge is 0.308 e. The monoisotopic (exact) mass is 278 g/mol. The molecule has 0 radical (unpaired) electrons. The summed E-state index contributed by atoms with van der Waals surface area (Å²) in [5.74, 6) is -1.72. The number of nitro groups is 1. The number of amides is 1. The van der Waals surface area contributed by atoms with Crippen molar-refractivity contribution in [1.82, 2.24) is 4.90 Å². The van der Waals surface area contributed by atoms with Gasteiger partial charge in [0.15, 0.2) is 0 Å². The number of benzene rings is 1. The molecule has 1 saturated heterocycles. The minimum absolute atomic E-state index is 0.0358. The van der Waals surface area contributed by atoms with Crippen molar-refractivity contribution < 1.29 is 19.6 Å². The zero-order valence-electron chi connectivity index (χ0n) is 10.9. The number of carboxylic acids is 1. The zero-order valence-corrected chi connectivity index (χ0v) is 10.9. The first-order valence-electron chi connectivity index (χ1n) is 6.17. The average Bonchev–Trinajstić information content (AvgIpc) is 2.87. The van der Waals surface area contributed by atoms with Crippen molar-refractivity contribution in [2.75, 3.05) is 13.1 Å². The van der Waals surface area contributed by atoms with E-state index in [1.807, 2.05) is 0 Å². The van der Waals surface area contributed by atoms with Crippen molar-refractivity contribution in [3.05, 3.63) is 39.4 Å². The summed E-state index contributed by atoms with van der Waals surface area (Å²) in [5, 5.41) is 19.6. The van der Waals surface area contributed by atoms with Crippen LogP contribution < -0.4 is 0 Å². The van der Waals surface area contributed by atoms with Crippen molar-refractivity contribution >= 4 is 17.6 Å². The van der Waals surface area contributed by atoms with Crippen LogP contribution in [-0.4, -0.2) is 39.9 Å². The van der Waals surface area contributed by atoms with Crippen LogP contribution >= 0.6 is 0 Å². The molecule has 1 aliphatic rings. The van der Waals surface area contributed by atoms with Gasteiger partial charge in [-0.05, 0) is 25.5 Å². The number of carbonyl (C=O) groups excluding carboxylic acids is 1. The highest BCUT2D eigenvalue weighted by atomic mass is 16.6. The first-order chi connectivity index (χ1) is 9.40. The molecule has 7 nitrogen and oxygen atoms in total. The Morgan fingerprint density at radius 3 is 2.65 bits per heavy atom. The van der Waals surface area contributed by atoms with E-state index in [0.717, 1.165) is 0 Å². The van der Waals surface area contributed by atoms with Gasteiger partial charge in [-0.2, -0.15) is 0 Å². The van der Waals surface area contributed by atoms with Crippen LogP contribution in [0.4, 0.5) is 5.69 Å². The molecule has 1 aromatic carbocycles. The van der Waals surface area contributed by atoms with Crippen LogP contribution in [-0.2, 0) is 4.79 Å². The molecule has 106 valence electrons. The standard InChI is InChI=1S/C13H14N2O5/c1-8-6-9(2-3-11(8)15(19)20)12(16)14-5-4-10(7-14)13(17)18/h2-3,6,10H,4-5,7H2,1H3,(H,17,18). The first-order valence-corrected chi connectivity index (χ1v) is 6.17. The second kappa shape index (κ2) is 5.28. The maximum Gasteiger partial charge on any atom is 0.308 e. The summed E-state index contributed by atoms with van der Waals surface area (Å²) in [5.41, 5.74) is 0.723. The Morgan fingerprint density at radius 1 is 1.45 bits per heavy atom. The Labute approximate surface area is 115 Å². The lowest BCUT2D eigenvalue weighted by atomic mass is 10.1. The molecular weight excluding hydrogens is 264 g/mol. The maximum absolute atomic E-state index is 12.2. The molecule has 1 aromatic rings. The van der Waals surface area contributed by atoms with E-state index in [1.165, 1.54) is 23.1 Å². The largest absolute Gasteiger partial charge is 0.481 e. The third kappa shape index (κ3) is 2.61. The Balaban J connectivity index is 2.16. The molecule has 0 aliphatic carbocycles. The van der Waals surface area contributed by atoms with Crippen LogP contribution in [0.2, 0.25) is 0 Å². The summed E-state index contributed by atoms with van der Waals surface area (Å²) in [4.78, 5) is 34.8. The van der Waals surface area contributed by atoms with Gasteiger partial charge in [0, 0.05) is 30.3 Å². The normalized spacial score (nSPS) is 18.1. The van der Waals surface area contributed by atoms with Gasteiger partial charge in [0.1, 0.15) is 0 Å². The molecule has 2 rings (SSSR count). The van der Waals surface area contributed by atoms with Crippen LogP contribution in [0, 0.1) is 23.0 Å². The molecule has 1 heterocycles. The molecule has 1 aliphatic heterocycles. The number of aliphatic carboxylic acids is 1. The second-order valence-electron chi connectivity index (χ2n) is 4.83. The van der Waals surface area contributed by atoms with Gasteiger partial charge in [0.05, 0.1) is 10.8 Å². The van der Waals surface area contributed by atoms with E-state index in [9.17, 15) is 19.7 Å². The second-order valence-corrected chi connectivity index (χ2v) is 4.83. The molecule has 0 saturated carbocycles. The molecule has 1 fully saturated rings. The number of rotatable bonds is 3. The predicted molar refractivity (Wildman–Crippen MR) is 69.5 cm³/mol. The third-order valence-electron chi connectivity index (χ3n) is 3.47. The van der Waals surface area contributed by atoms with Gasteiger partial charge in [-0.3, -0.25) is 19.7 Å². The van der Waals surface area contributed by atoms with Gasteiger partial charge in [0.2, 0.25) is 0 Å². The molecule has 1 atom stereocenters. The summed E-state index contributed by atoms with van der Waals surface area (Å²) >= 11 is 0. The van der Waals surface area contributed by atoms with Crippen LogP contribution in [0.5, 0.6) is 0 Å². The number of nitro benzene ring substituents is 1. The van der Waals surface area contributed by atoms with Crippen LogP contribution in [0.1, 0.15) is 22.3 Å². The van der Waals surface area contributed by atoms with Crippen LogP contribution in [0.25, 0.3) is 0 Å². The molecule has 0 bridgehead atoms. The molecule has 1 amide bonds. The van der Waals surface area contributed by atoms with Gasteiger partial charge in [0.25, 0.3) is 11.6 Å². The van der Waals surface area contributed by atoms with Crippen molar-refractivity contribution in [3.8, 4) is 0 Å². The van der Waals surface area contributed by atoms with E-state index in [2.05, 4.69) is 0 Å². The van der Waals surface area contributed by atoms with Crippen LogP contribution in [0.3, 0.4) is 0 Å². The highest BCUT2D eigenvalue weighted by Crippen LogP contribution is 2.22. The van der Waals surface area contributed by atoms with E-state index in [0.29, 0.717) is 24.1 Å². The minimum Gasteiger partial charge on any atom is -0.481 e. The zero-order chi connectivity index (χ0) is 14.9. The van der Waals surface area contributed by atoms with Gasteiger partial charge in [-0.15, -0.1) is 0 Å². The topological polar surface area (TPSA) is 101 Å². The van der Waals surface area contributed by atoms with E-state index < -0.39 is 16.8 Å². The Bertz CT molecular complexity index is 584. The van der Waals surface area contributed by atoms with Crippen molar-refractivity contribution in [2.45, 2.75) is 13.3 Å². The fraction of sp³-hybridized carbons (Fsp3) is 0.385. The lowest BCUT2D eigenvalue weighted by molar-refractivity contribution is -0.385. The van der Waals surface area contributed by atoms with E-state index in [1.54, 1.807) is 6.92 Å². The molecule has 0 spiro atoms. The quantitative estimate of drug-likeness (QED) is 0.666. The summed E-state index contributed by atoms with van der Waals surface area (Å²) in [6, 6.07) is 4.17. The number of likely N-dealkylation sites (tertiary alicyclic amines) is 1. The highest BCUT2D eigenvalue weighted by molar-refractivity contribution is 5.95. The molecule has 1 unspecified atom stereocenters. The van der Waals surface area contributed by atoms with Crippen molar-refractivity contribution in [3.63, 3.8) is 0 Å². The number of hydrogen-bond donors (Lipinski definition) is 1. The summed E-state index contributed by atoms with van der Waals surface area (Å²) in [6.45, 7) is 2.15. The Hall–Kier alpha value is -2.44. The van der Waals surface area contributed by atoms with Gasteiger partial charge >= 0.3 is 5.97 Å². The first kappa shape index (κ1) is 14.0. The molecule has 1 N–H and O–H groups in total. The average molecular weight is 278 g/mol. The third-order valence-corrected chi connectivity index (χ3v) is 3.47. The molecule has 20 heavy (non-hydrogen) atoms. The van der Waals surface area contributed by atoms with E-state index in [4.69, 9.17) is 5.11 Å². The number of carboxylic acid groups (broad SMARTS) is 1. The van der Waals surface area contributed by atoms with Crippen molar-refractivity contribution in [1.29, 1.82) is 0 Å². The number of hydrogen-bond acceptors (Lipinski definition) is 4. The van der Waals surface area contributed by atoms with Crippen molar-refractivity contribution in [2.24, 2.45) is 5.92 Å². The Kier molecular flexibility index (Phi) is 3.69. The van der Waals surface area contributed by atoms with Crippen LogP contribution in [0.15, 0.2) is 18.2 Å². The van der Waals surface area contributed by atoms with Gasteiger partial charge in [-0.1, -0.05) is 0 Å². The predicted octanol–water partition coefficient (Wildman–Crippen LogP) is 1.45. The number of nitrogens with zero attached hydrogens (tertiary/aromatic N) is 2. The number of carbonyl (C=O) groups is 2. The fourth-order valence-electron chi connectivity index (χ4n) is 2.32.